The van der Waals surface area contributed by atoms with Gasteiger partial charge in [0.15, 0.2) is 0 Å². The fourth-order valence-corrected chi connectivity index (χ4v) is 3.91. The van der Waals surface area contributed by atoms with Gasteiger partial charge in [-0.1, -0.05) is 78.9 Å². The SMILES string of the molecule is CCOC(=O)CC(NC(=O)CCCCc1ccc(C=NN)cc1)c1ccc(-c2ccccc2)cc1. The van der Waals surface area contributed by atoms with Crippen LogP contribution in [-0.4, -0.2) is 24.7 Å². The number of ether oxygens (including phenoxy) is 1. The van der Waals surface area contributed by atoms with Gasteiger partial charge in [0.2, 0.25) is 5.91 Å². The number of aryl methyl sites for hydroxylation is 1. The van der Waals surface area contributed by atoms with Gasteiger partial charge in [-0.25, -0.2) is 0 Å². The summed E-state index contributed by atoms with van der Waals surface area (Å²) in [5.74, 6) is 4.78. The minimum atomic E-state index is -0.428. The van der Waals surface area contributed by atoms with E-state index in [1.807, 2.05) is 66.7 Å². The second-order valence-electron chi connectivity index (χ2n) is 8.34. The van der Waals surface area contributed by atoms with Gasteiger partial charge in [-0.3, -0.25) is 9.59 Å². The topological polar surface area (TPSA) is 93.8 Å². The molecule has 3 rings (SSSR count). The Morgan fingerprint density at radius 1 is 0.943 bits per heavy atom. The van der Waals surface area contributed by atoms with Gasteiger partial charge in [-0.2, -0.15) is 5.10 Å². The number of unbranched alkanes of at least 4 members (excludes halogenated alkanes) is 1. The number of benzene rings is 3. The lowest BCUT2D eigenvalue weighted by atomic mass is 9.98. The number of amides is 1. The highest BCUT2D eigenvalue weighted by molar-refractivity contribution is 5.79. The van der Waals surface area contributed by atoms with Gasteiger partial charge < -0.3 is 15.9 Å². The molecular weight excluding hydrogens is 438 g/mol. The van der Waals surface area contributed by atoms with Crippen molar-refractivity contribution in [3.05, 3.63) is 95.6 Å². The van der Waals surface area contributed by atoms with E-state index < -0.39 is 6.04 Å². The van der Waals surface area contributed by atoms with Crippen molar-refractivity contribution in [3.63, 3.8) is 0 Å². The minimum absolute atomic E-state index is 0.0686. The number of esters is 1. The molecule has 1 unspecified atom stereocenters. The second kappa shape index (κ2) is 13.7. The van der Waals surface area contributed by atoms with Crippen LogP contribution in [0.1, 0.15) is 55.3 Å². The largest absolute Gasteiger partial charge is 0.466 e. The molecule has 3 aromatic rings. The first-order valence-electron chi connectivity index (χ1n) is 12.0. The first-order valence-corrected chi connectivity index (χ1v) is 12.0. The zero-order valence-electron chi connectivity index (χ0n) is 20.2. The van der Waals surface area contributed by atoms with Gasteiger partial charge in [-0.05, 0) is 54.0 Å². The molecule has 0 aliphatic carbocycles. The van der Waals surface area contributed by atoms with Gasteiger partial charge in [0, 0.05) is 6.42 Å². The predicted octanol–water partition coefficient (Wildman–Crippen LogP) is 5.17. The molecule has 0 fully saturated rings. The summed E-state index contributed by atoms with van der Waals surface area (Å²) in [7, 11) is 0. The molecule has 0 aliphatic heterocycles. The Bertz CT molecular complexity index is 1090. The Hall–Kier alpha value is -3.93. The molecule has 0 aliphatic rings. The number of carbonyl (C=O) groups excluding carboxylic acids is 2. The van der Waals surface area contributed by atoms with E-state index in [1.165, 1.54) is 5.56 Å². The van der Waals surface area contributed by atoms with Crippen molar-refractivity contribution in [1.82, 2.24) is 5.32 Å². The summed E-state index contributed by atoms with van der Waals surface area (Å²) in [6.45, 7) is 2.09. The quantitative estimate of drug-likeness (QED) is 0.125. The Labute approximate surface area is 207 Å². The van der Waals surface area contributed by atoms with Gasteiger partial charge in [0.05, 0.1) is 25.3 Å². The van der Waals surface area contributed by atoms with Crippen LogP contribution in [-0.2, 0) is 20.7 Å². The van der Waals surface area contributed by atoms with Crippen LogP contribution in [0.5, 0.6) is 0 Å². The summed E-state index contributed by atoms with van der Waals surface area (Å²) in [5.41, 5.74) is 5.25. The van der Waals surface area contributed by atoms with E-state index in [0.717, 1.165) is 41.5 Å². The smallest absolute Gasteiger partial charge is 0.308 e. The molecule has 3 aromatic carbocycles. The Kier molecular flexibility index (Phi) is 10.1. The third kappa shape index (κ3) is 8.41. The van der Waals surface area contributed by atoms with Crippen LogP contribution in [0.3, 0.4) is 0 Å². The van der Waals surface area contributed by atoms with Crippen molar-refractivity contribution >= 4 is 18.1 Å². The molecule has 0 bridgehead atoms. The van der Waals surface area contributed by atoms with Crippen LogP contribution in [0.15, 0.2) is 84.0 Å². The maximum absolute atomic E-state index is 12.7. The van der Waals surface area contributed by atoms with Crippen molar-refractivity contribution in [2.75, 3.05) is 6.61 Å². The second-order valence-corrected chi connectivity index (χ2v) is 8.34. The molecule has 3 N–H and O–H groups in total. The summed E-state index contributed by atoms with van der Waals surface area (Å²) in [6.07, 6.45) is 4.65. The van der Waals surface area contributed by atoms with Gasteiger partial charge >= 0.3 is 5.97 Å². The van der Waals surface area contributed by atoms with E-state index in [-0.39, 0.29) is 18.3 Å². The van der Waals surface area contributed by atoms with E-state index in [2.05, 4.69) is 22.6 Å². The summed E-state index contributed by atoms with van der Waals surface area (Å²) in [5, 5.41) is 6.56. The van der Waals surface area contributed by atoms with Crippen LogP contribution in [0.2, 0.25) is 0 Å². The van der Waals surface area contributed by atoms with E-state index in [9.17, 15) is 9.59 Å². The highest BCUT2D eigenvalue weighted by Crippen LogP contribution is 2.24. The van der Waals surface area contributed by atoms with Crippen LogP contribution < -0.4 is 11.2 Å². The van der Waals surface area contributed by atoms with E-state index in [1.54, 1.807) is 13.1 Å². The lowest BCUT2D eigenvalue weighted by molar-refractivity contribution is -0.143. The monoisotopic (exact) mass is 471 g/mol. The maximum Gasteiger partial charge on any atom is 0.308 e. The molecular formula is C29H33N3O3. The van der Waals surface area contributed by atoms with Crippen molar-refractivity contribution in [1.29, 1.82) is 0 Å². The number of rotatable bonds is 12. The zero-order chi connectivity index (χ0) is 24.9. The fourth-order valence-electron chi connectivity index (χ4n) is 3.91. The molecule has 1 amide bonds. The van der Waals surface area contributed by atoms with Crippen molar-refractivity contribution in [3.8, 4) is 11.1 Å². The molecule has 6 nitrogen and oxygen atoms in total. The summed E-state index contributed by atoms with van der Waals surface area (Å²) >= 11 is 0. The van der Waals surface area contributed by atoms with Crippen molar-refractivity contribution in [2.45, 2.75) is 45.1 Å². The normalized spacial score (nSPS) is 11.8. The number of nitrogens with two attached hydrogens (primary N) is 1. The van der Waals surface area contributed by atoms with E-state index in [4.69, 9.17) is 10.6 Å². The lowest BCUT2D eigenvalue weighted by Crippen LogP contribution is -2.30. The van der Waals surface area contributed by atoms with Crippen molar-refractivity contribution < 1.29 is 14.3 Å². The standard InChI is InChI=1S/C29H33N3O3/c1-2-35-29(34)20-27(26-18-16-25(17-19-26)24-9-4-3-5-10-24)32-28(33)11-7-6-8-22-12-14-23(15-13-22)21-31-30/h3-5,9-10,12-19,21,27H,2,6-8,11,20,30H2,1H3,(H,32,33). The van der Waals surface area contributed by atoms with E-state index in [0.29, 0.717) is 13.0 Å². The van der Waals surface area contributed by atoms with Gasteiger partial charge in [-0.15, -0.1) is 0 Å². The average molecular weight is 472 g/mol. The number of hydrogen-bond donors (Lipinski definition) is 2. The Morgan fingerprint density at radius 2 is 1.63 bits per heavy atom. The molecule has 0 aromatic heterocycles. The number of hydrogen-bond acceptors (Lipinski definition) is 5. The van der Waals surface area contributed by atoms with Gasteiger partial charge in [0.1, 0.15) is 0 Å². The third-order valence-electron chi connectivity index (χ3n) is 5.75. The first-order chi connectivity index (χ1) is 17.1. The van der Waals surface area contributed by atoms with Crippen molar-refractivity contribution in [2.24, 2.45) is 10.9 Å². The fraction of sp³-hybridized carbons (Fsp3) is 0.276. The molecule has 1 atom stereocenters. The van der Waals surface area contributed by atoms with E-state index >= 15 is 0 Å². The number of hydrazone groups is 1. The average Bonchev–Trinajstić information content (AvgIpc) is 2.88. The van der Waals surface area contributed by atoms with Crippen LogP contribution in [0, 0.1) is 0 Å². The molecule has 0 heterocycles. The number of nitrogens with zero attached hydrogens (tertiary/aromatic N) is 1. The highest BCUT2D eigenvalue weighted by atomic mass is 16.5. The lowest BCUT2D eigenvalue weighted by Gasteiger charge is -2.19. The summed E-state index contributed by atoms with van der Waals surface area (Å²) < 4.78 is 5.13. The molecule has 0 spiro atoms. The number of nitrogens with one attached hydrogen (secondary N) is 1. The first kappa shape index (κ1) is 25.7. The molecule has 35 heavy (non-hydrogen) atoms. The minimum Gasteiger partial charge on any atom is -0.466 e. The molecule has 0 saturated carbocycles. The highest BCUT2D eigenvalue weighted by Gasteiger charge is 2.19. The van der Waals surface area contributed by atoms with Crippen LogP contribution in [0.4, 0.5) is 0 Å². The van der Waals surface area contributed by atoms with Crippen LogP contribution >= 0.6 is 0 Å². The number of carbonyl (C=O) groups is 2. The third-order valence-corrected chi connectivity index (χ3v) is 5.75. The van der Waals surface area contributed by atoms with Gasteiger partial charge in [0.25, 0.3) is 0 Å². The Morgan fingerprint density at radius 3 is 2.29 bits per heavy atom. The zero-order valence-corrected chi connectivity index (χ0v) is 20.2. The Balaban J connectivity index is 1.55. The molecule has 182 valence electrons. The van der Waals surface area contributed by atoms with Crippen LogP contribution in [0.25, 0.3) is 11.1 Å². The molecule has 6 heteroatoms. The molecule has 0 radical (unpaired) electrons. The maximum atomic E-state index is 12.7. The molecule has 0 saturated heterocycles. The summed E-state index contributed by atoms with van der Waals surface area (Å²) in [6, 6.07) is 25.7. The predicted molar refractivity (Wildman–Crippen MR) is 140 cm³/mol. The summed E-state index contributed by atoms with van der Waals surface area (Å²) in [4.78, 5) is 24.9.